The summed E-state index contributed by atoms with van der Waals surface area (Å²) in [6, 6.07) is 0. The van der Waals surface area contributed by atoms with Gasteiger partial charge in [0.05, 0.1) is 24.8 Å². The van der Waals surface area contributed by atoms with Crippen molar-refractivity contribution in [2.24, 2.45) is 41.2 Å². The molecule has 0 aromatic carbocycles. The summed E-state index contributed by atoms with van der Waals surface area (Å²) in [5, 5.41) is 25.0. The summed E-state index contributed by atoms with van der Waals surface area (Å²) in [5.41, 5.74) is 6.43. The van der Waals surface area contributed by atoms with E-state index in [1.807, 2.05) is 0 Å². The molecule has 9 atom stereocenters. The number of Topliss-reactive ketones (excluding diaryl/α,β-unsaturated/α-hetero) is 2. The Hall–Kier alpha value is -0.860. The molecule has 1 heterocycles. The van der Waals surface area contributed by atoms with Crippen molar-refractivity contribution in [2.75, 3.05) is 20.3 Å². The van der Waals surface area contributed by atoms with E-state index in [9.17, 15) is 19.8 Å². The molecule has 1 aliphatic heterocycles. The lowest BCUT2D eigenvalue weighted by Gasteiger charge is -2.53. The van der Waals surface area contributed by atoms with Gasteiger partial charge in [-0.1, -0.05) is 32.6 Å². The summed E-state index contributed by atoms with van der Waals surface area (Å²) in [5.74, 6) is 1.56. The van der Waals surface area contributed by atoms with E-state index in [0.717, 1.165) is 64.3 Å². The molecule has 36 heavy (non-hydrogen) atoms. The van der Waals surface area contributed by atoms with Gasteiger partial charge < -0.3 is 26.0 Å². The van der Waals surface area contributed by atoms with Crippen LogP contribution in [-0.2, 0) is 14.3 Å². The van der Waals surface area contributed by atoms with Gasteiger partial charge in [-0.3, -0.25) is 9.59 Å². The van der Waals surface area contributed by atoms with Crippen molar-refractivity contribution in [3.8, 4) is 0 Å². The summed E-state index contributed by atoms with van der Waals surface area (Å²) in [4.78, 5) is 24.9. The van der Waals surface area contributed by atoms with Crippen molar-refractivity contribution in [1.29, 1.82) is 0 Å². The van der Waals surface area contributed by atoms with Crippen LogP contribution in [0.1, 0.15) is 96.8 Å². The third kappa shape index (κ3) is 7.83. The minimum absolute atomic E-state index is 0.0255. The van der Waals surface area contributed by atoms with Gasteiger partial charge in [0.15, 0.2) is 0 Å². The maximum atomic E-state index is 12.6. The molecule has 0 amide bonds. The van der Waals surface area contributed by atoms with Crippen LogP contribution in [0.15, 0.2) is 0 Å². The number of methoxy groups -OCH3 is 1. The summed E-state index contributed by atoms with van der Waals surface area (Å²) in [7, 11) is 1.66. The van der Waals surface area contributed by atoms with Gasteiger partial charge in [0.25, 0.3) is 0 Å². The number of piperidine rings is 1. The molecule has 5 N–H and O–H groups in total. The Morgan fingerprint density at radius 1 is 0.972 bits per heavy atom. The number of ether oxygens (including phenoxy) is 1. The Bertz CT molecular complexity index is 689. The van der Waals surface area contributed by atoms with E-state index in [2.05, 4.69) is 12.2 Å². The molecule has 7 nitrogen and oxygen atoms in total. The number of hydrogen-bond donors (Lipinski definition) is 4. The highest BCUT2D eigenvalue weighted by Crippen LogP contribution is 2.51. The number of unbranched alkanes of at least 4 members (excludes halogenated alkanes) is 4. The first-order valence-electron chi connectivity index (χ1n) is 14.7. The molecular formula is C29H52N2O5. The van der Waals surface area contributed by atoms with Gasteiger partial charge in [0.2, 0.25) is 0 Å². The highest BCUT2D eigenvalue weighted by molar-refractivity contribution is 5.98. The second-order valence-corrected chi connectivity index (χ2v) is 11.9. The van der Waals surface area contributed by atoms with Gasteiger partial charge in [0.1, 0.15) is 11.6 Å². The van der Waals surface area contributed by atoms with Gasteiger partial charge in [-0.15, -0.1) is 0 Å². The average molecular weight is 509 g/mol. The third-order valence-electron chi connectivity index (χ3n) is 9.59. The van der Waals surface area contributed by atoms with Gasteiger partial charge in [-0.2, -0.15) is 0 Å². The highest BCUT2D eigenvalue weighted by Gasteiger charge is 2.50. The van der Waals surface area contributed by atoms with Crippen molar-refractivity contribution in [1.82, 2.24) is 5.32 Å². The Kier molecular flexibility index (Phi) is 12.3. The van der Waals surface area contributed by atoms with Crippen LogP contribution in [-0.4, -0.2) is 60.4 Å². The van der Waals surface area contributed by atoms with E-state index in [1.165, 1.54) is 12.8 Å². The summed E-state index contributed by atoms with van der Waals surface area (Å²) in [6.45, 7) is 3.19. The molecule has 208 valence electrons. The number of rotatable bonds is 14. The Balaban J connectivity index is 1.57. The number of ketones is 2. The fourth-order valence-corrected chi connectivity index (χ4v) is 7.66. The van der Waals surface area contributed by atoms with Crippen LogP contribution in [0.4, 0.5) is 0 Å². The minimum Gasteiger partial charge on any atom is -0.396 e. The molecule has 0 bridgehead atoms. The van der Waals surface area contributed by atoms with E-state index < -0.39 is 6.10 Å². The zero-order valence-electron chi connectivity index (χ0n) is 22.7. The van der Waals surface area contributed by atoms with Crippen LogP contribution in [0.25, 0.3) is 0 Å². The number of aliphatic hydroxyl groups is 2. The van der Waals surface area contributed by atoms with Crippen molar-refractivity contribution in [3.05, 3.63) is 0 Å². The molecule has 2 aliphatic carbocycles. The normalized spacial score (nSPS) is 36.9. The zero-order chi connectivity index (χ0) is 26.1. The van der Waals surface area contributed by atoms with Crippen LogP contribution in [0.3, 0.4) is 0 Å². The molecule has 3 fully saturated rings. The lowest BCUT2D eigenvalue weighted by Crippen LogP contribution is -2.59. The molecule has 1 saturated heterocycles. The number of aliphatic hydroxyl groups excluding tert-OH is 2. The van der Waals surface area contributed by atoms with Crippen LogP contribution >= 0.6 is 0 Å². The lowest BCUT2D eigenvalue weighted by atomic mass is 9.55. The van der Waals surface area contributed by atoms with Crippen LogP contribution in [0.2, 0.25) is 0 Å². The molecule has 0 aromatic heterocycles. The molecule has 2 saturated carbocycles. The zero-order valence-corrected chi connectivity index (χ0v) is 22.7. The molecule has 7 unspecified atom stereocenters. The maximum Gasteiger partial charge on any atom is 0.140 e. The molecule has 0 radical (unpaired) electrons. The number of fused-ring (bicyclic) bond motifs is 1. The predicted octanol–water partition coefficient (Wildman–Crippen LogP) is 3.59. The first-order chi connectivity index (χ1) is 17.4. The molecular weight excluding hydrogens is 456 g/mol. The largest absolute Gasteiger partial charge is 0.396 e. The van der Waals surface area contributed by atoms with Crippen molar-refractivity contribution in [2.45, 2.75) is 115 Å². The molecule has 3 aliphatic rings. The molecule has 0 aromatic rings. The monoisotopic (exact) mass is 508 g/mol. The van der Waals surface area contributed by atoms with Gasteiger partial charge in [0, 0.05) is 26.6 Å². The van der Waals surface area contributed by atoms with Crippen molar-refractivity contribution >= 4 is 11.6 Å². The quantitative estimate of drug-likeness (QED) is 0.209. The van der Waals surface area contributed by atoms with Crippen molar-refractivity contribution in [3.63, 3.8) is 0 Å². The van der Waals surface area contributed by atoms with E-state index in [4.69, 9.17) is 10.5 Å². The first-order valence-corrected chi connectivity index (χ1v) is 14.7. The standard InChI is InChI=1S/C29H52N2O5/c1-3-4-5-6-7-8-21(33)17-22(34)11-9-19-15-25(28(35)26(16-19)36-2)27-20(18-32)10-12-24-23(27)13-14-31-29(24)30/h19-20,23-29,31-32,35H,3-18,30H2,1-2H3/t19?,20-,23?,24?,25?,26?,27+,28?,29?/m1/s1. The van der Waals surface area contributed by atoms with E-state index in [0.29, 0.717) is 24.7 Å². The van der Waals surface area contributed by atoms with Gasteiger partial charge >= 0.3 is 0 Å². The maximum absolute atomic E-state index is 12.6. The SMILES string of the molecule is CCCCCCCC(=O)CC(=O)CCC1CC(OC)C(O)C([C@@H]2C3CCNC(N)C3CC[C@@H]2CO)C1. The second kappa shape index (κ2) is 14.9. The molecule has 7 heteroatoms. The van der Waals surface area contributed by atoms with Crippen LogP contribution < -0.4 is 11.1 Å². The van der Waals surface area contributed by atoms with E-state index in [-0.39, 0.29) is 60.5 Å². The minimum atomic E-state index is -0.569. The summed E-state index contributed by atoms with van der Waals surface area (Å²) >= 11 is 0. The lowest BCUT2D eigenvalue weighted by molar-refractivity contribution is -0.133. The number of hydrogen-bond acceptors (Lipinski definition) is 7. The number of nitrogens with two attached hydrogens (primary N) is 1. The summed E-state index contributed by atoms with van der Waals surface area (Å²) in [6.07, 6.45) is 10.9. The first kappa shape index (κ1) is 29.7. The van der Waals surface area contributed by atoms with Crippen LogP contribution in [0.5, 0.6) is 0 Å². The fraction of sp³-hybridized carbons (Fsp3) is 0.931. The Morgan fingerprint density at radius 2 is 1.72 bits per heavy atom. The topological polar surface area (TPSA) is 122 Å². The van der Waals surface area contributed by atoms with E-state index in [1.54, 1.807) is 7.11 Å². The second-order valence-electron chi connectivity index (χ2n) is 11.9. The van der Waals surface area contributed by atoms with Crippen LogP contribution in [0, 0.1) is 35.5 Å². The predicted molar refractivity (Wildman–Crippen MR) is 141 cm³/mol. The summed E-state index contributed by atoms with van der Waals surface area (Å²) < 4.78 is 5.74. The third-order valence-corrected chi connectivity index (χ3v) is 9.59. The Morgan fingerprint density at radius 3 is 2.44 bits per heavy atom. The molecule has 0 spiro atoms. The highest BCUT2D eigenvalue weighted by atomic mass is 16.5. The van der Waals surface area contributed by atoms with Gasteiger partial charge in [-0.25, -0.2) is 0 Å². The van der Waals surface area contributed by atoms with Gasteiger partial charge in [-0.05, 0) is 87.0 Å². The number of nitrogens with one attached hydrogen (secondary N) is 1. The van der Waals surface area contributed by atoms with E-state index >= 15 is 0 Å². The smallest absolute Gasteiger partial charge is 0.140 e. The average Bonchev–Trinajstić information content (AvgIpc) is 2.87. The van der Waals surface area contributed by atoms with Crippen molar-refractivity contribution < 1.29 is 24.5 Å². The number of carbonyl (C=O) groups is 2. The molecule has 3 rings (SSSR count). The fourth-order valence-electron chi connectivity index (χ4n) is 7.66. The Labute approximate surface area is 218 Å². The number of carbonyl (C=O) groups excluding carboxylic acids is 2.